The molecule has 0 spiro atoms. The number of carbonyl (C=O) groups excluding carboxylic acids is 1. The Hall–Kier alpha value is -0.730. The number of Topliss-reactive ketones (excluding diaryl/α,β-unsaturated/α-hetero) is 1. The van der Waals surface area contributed by atoms with Gasteiger partial charge in [-0.25, -0.2) is 8.78 Å². The summed E-state index contributed by atoms with van der Waals surface area (Å²) in [5.74, 6) is 2.80. The normalized spacial score (nSPS) is 40.6. The Balaban J connectivity index is 1.84. The zero-order valence-electron chi connectivity index (χ0n) is 16.1. The van der Waals surface area contributed by atoms with Gasteiger partial charge in [-0.1, -0.05) is 38.8 Å². The number of ketones is 1. The average Bonchev–Trinajstić information content (AvgIpc) is 2.93. The van der Waals surface area contributed by atoms with Crippen LogP contribution in [0.2, 0.25) is 0 Å². The molecule has 6 unspecified atom stereocenters. The molecule has 25 heavy (non-hydrogen) atoms. The Bertz CT molecular complexity index is 526. The number of fused-ring (bicyclic) bond motifs is 3. The molecule has 0 aliphatic heterocycles. The molecule has 0 N–H and O–H groups in total. The van der Waals surface area contributed by atoms with Crippen molar-refractivity contribution in [2.24, 2.45) is 35.0 Å². The minimum atomic E-state index is -2.23. The molecule has 0 aromatic carbocycles. The minimum absolute atomic E-state index is 0.0350. The van der Waals surface area contributed by atoms with E-state index >= 15 is 0 Å². The lowest BCUT2D eigenvalue weighted by atomic mass is 9.52. The van der Waals surface area contributed by atoms with E-state index in [9.17, 15) is 13.6 Å². The van der Waals surface area contributed by atoms with Crippen molar-refractivity contribution >= 4 is 5.78 Å². The Morgan fingerprint density at radius 2 is 2.00 bits per heavy atom. The van der Waals surface area contributed by atoms with Crippen molar-refractivity contribution in [3.8, 4) is 0 Å². The number of hydrogen-bond donors (Lipinski definition) is 0. The second kappa shape index (κ2) is 7.48. The van der Waals surface area contributed by atoms with Crippen LogP contribution in [0.15, 0.2) is 11.6 Å². The van der Waals surface area contributed by atoms with Crippen LogP contribution in [-0.2, 0) is 4.79 Å². The van der Waals surface area contributed by atoms with Gasteiger partial charge in [0, 0.05) is 18.8 Å². The van der Waals surface area contributed by atoms with Crippen LogP contribution in [0.1, 0.15) is 78.6 Å². The number of carbonyl (C=O) groups is 1. The summed E-state index contributed by atoms with van der Waals surface area (Å²) in [7, 11) is 0. The third-order valence-corrected chi connectivity index (χ3v) is 7.86. The third-order valence-electron chi connectivity index (χ3n) is 7.86. The van der Waals surface area contributed by atoms with Crippen LogP contribution >= 0.6 is 0 Å². The van der Waals surface area contributed by atoms with Crippen LogP contribution in [0.3, 0.4) is 0 Å². The first-order chi connectivity index (χ1) is 11.9. The number of alkyl halides is 2. The maximum absolute atomic E-state index is 13.0. The summed E-state index contributed by atoms with van der Waals surface area (Å²) >= 11 is 0. The predicted octanol–water partition coefficient (Wildman–Crippen LogP) is 6.43. The fraction of sp³-hybridized carbons (Fsp3) is 0.864. The molecule has 6 atom stereocenters. The van der Waals surface area contributed by atoms with Gasteiger partial charge in [0.15, 0.2) is 0 Å². The minimum Gasteiger partial charge on any atom is -0.299 e. The van der Waals surface area contributed by atoms with Crippen LogP contribution in [0.25, 0.3) is 0 Å². The van der Waals surface area contributed by atoms with E-state index in [4.69, 9.17) is 0 Å². The molecule has 142 valence electrons. The molecule has 3 aliphatic rings. The van der Waals surface area contributed by atoms with Gasteiger partial charge in [-0.2, -0.15) is 0 Å². The number of hydrogen-bond acceptors (Lipinski definition) is 1. The first kappa shape index (κ1) is 19.0. The molecular formula is C22H34F2O. The van der Waals surface area contributed by atoms with E-state index in [1.807, 2.05) is 6.92 Å². The fourth-order valence-corrected chi connectivity index (χ4v) is 6.77. The van der Waals surface area contributed by atoms with Gasteiger partial charge < -0.3 is 0 Å². The van der Waals surface area contributed by atoms with E-state index in [2.05, 4.69) is 19.9 Å². The molecule has 0 heterocycles. The fourth-order valence-electron chi connectivity index (χ4n) is 6.77. The van der Waals surface area contributed by atoms with Gasteiger partial charge in [-0.15, -0.1) is 0 Å². The van der Waals surface area contributed by atoms with E-state index in [-0.39, 0.29) is 17.8 Å². The smallest absolute Gasteiger partial charge is 0.242 e. The quantitative estimate of drug-likeness (QED) is 0.504. The average molecular weight is 353 g/mol. The molecule has 1 nitrogen and oxygen atoms in total. The second-order valence-electron chi connectivity index (χ2n) is 8.93. The van der Waals surface area contributed by atoms with E-state index in [1.165, 1.54) is 0 Å². The predicted molar refractivity (Wildman–Crippen MR) is 97.6 cm³/mol. The second-order valence-corrected chi connectivity index (χ2v) is 8.93. The number of rotatable bonds is 6. The van der Waals surface area contributed by atoms with Crippen molar-refractivity contribution < 1.29 is 13.6 Å². The largest absolute Gasteiger partial charge is 0.299 e. The summed E-state index contributed by atoms with van der Waals surface area (Å²) in [5, 5.41) is 0. The zero-order valence-corrected chi connectivity index (χ0v) is 16.1. The van der Waals surface area contributed by atoms with E-state index < -0.39 is 6.43 Å². The standard InChI is InChI=1S/C22H34F2O/c1-4-6-15-14(13-21(23)24)7-8-17-16(15)11-12-22(3)18(17)9-10-19(22)20(25)5-2/h7,15-19,21H,4-6,8-13H2,1-3H3. The van der Waals surface area contributed by atoms with E-state index in [0.717, 1.165) is 50.5 Å². The van der Waals surface area contributed by atoms with Gasteiger partial charge in [-0.05, 0) is 67.6 Å². The summed E-state index contributed by atoms with van der Waals surface area (Å²) in [6, 6.07) is 0. The summed E-state index contributed by atoms with van der Waals surface area (Å²) in [6.45, 7) is 6.51. The molecule has 3 aliphatic carbocycles. The van der Waals surface area contributed by atoms with Crippen LogP contribution in [0.4, 0.5) is 8.78 Å². The summed E-state index contributed by atoms with van der Waals surface area (Å²) in [5.41, 5.74) is 1.18. The summed E-state index contributed by atoms with van der Waals surface area (Å²) in [6.07, 6.45) is 8.05. The Morgan fingerprint density at radius 3 is 2.64 bits per heavy atom. The number of allylic oxidation sites excluding steroid dienone is 2. The highest BCUT2D eigenvalue weighted by Crippen LogP contribution is 2.63. The zero-order chi connectivity index (χ0) is 18.2. The molecule has 0 amide bonds. The maximum Gasteiger partial charge on any atom is 0.242 e. The van der Waals surface area contributed by atoms with Crippen molar-refractivity contribution in [2.45, 2.75) is 85.0 Å². The van der Waals surface area contributed by atoms with Crippen LogP contribution in [-0.4, -0.2) is 12.2 Å². The molecule has 0 bridgehead atoms. The van der Waals surface area contributed by atoms with Crippen LogP contribution < -0.4 is 0 Å². The van der Waals surface area contributed by atoms with Crippen molar-refractivity contribution in [1.29, 1.82) is 0 Å². The van der Waals surface area contributed by atoms with Gasteiger partial charge in [0.25, 0.3) is 0 Å². The first-order valence-electron chi connectivity index (χ1n) is 10.4. The van der Waals surface area contributed by atoms with Gasteiger partial charge in [0.2, 0.25) is 6.43 Å². The third kappa shape index (κ3) is 3.32. The molecule has 0 radical (unpaired) electrons. The van der Waals surface area contributed by atoms with Crippen molar-refractivity contribution in [3.05, 3.63) is 11.6 Å². The molecule has 2 saturated carbocycles. The van der Waals surface area contributed by atoms with Crippen LogP contribution in [0, 0.1) is 35.0 Å². The highest BCUT2D eigenvalue weighted by Gasteiger charge is 2.56. The Labute approximate surface area is 151 Å². The summed E-state index contributed by atoms with van der Waals surface area (Å²) < 4.78 is 26.1. The highest BCUT2D eigenvalue weighted by atomic mass is 19.3. The number of halogens is 2. The SMILES string of the molecule is CCCC1C(CC(F)F)=CCC2C1CCC1(C)C(C(=O)CC)CCC21. The van der Waals surface area contributed by atoms with Gasteiger partial charge in [-0.3, -0.25) is 4.79 Å². The topological polar surface area (TPSA) is 17.1 Å². The van der Waals surface area contributed by atoms with Crippen molar-refractivity contribution in [2.75, 3.05) is 0 Å². The maximum atomic E-state index is 13.0. The van der Waals surface area contributed by atoms with E-state index in [1.54, 1.807) is 0 Å². The lowest BCUT2D eigenvalue weighted by Gasteiger charge is -2.52. The Kier molecular flexibility index (Phi) is 5.70. The molecule has 0 aromatic rings. The van der Waals surface area contributed by atoms with E-state index in [0.29, 0.717) is 35.9 Å². The van der Waals surface area contributed by atoms with Crippen molar-refractivity contribution in [1.82, 2.24) is 0 Å². The molecule has 2 fully saturated rings. The Morgan fingerprint density at radius 1 is 1.24 bits per heavy atom. The van der Waals surface area contributed by atoms with Crippen molar-refractivity contribution in [3.63, 3.8) is 0 Å². The monoisotopic (exact) mass is 352 g/mol. The molecule has 0 aromatic heterocycles. The van der Waals surface area contributed by atoms with Crippen LogP contribution in [0.5, 0.6) is 0 Å². The first-order valence-corrected chi connectivity index (χ1v) is 10.4. The van der Waals surface area contributed by atoms with Gasteiger partial charge in [0.1, 0.15) is 5.78 Å². The molecule has 3 rings (SSSR count). The summed E-state index contributed by atoms with van der Waals surface area (Å²) in [4.78, 5) is 12.5. The van der Waals surface area contributed by atoms with Gasteiger partial charge in [0.05, 0.1) is 0 Å². The molecular weight excluding hydrogens is 318 g/mol. The highest BCUT2D eigenvalue weighted by molar-refractivity contribution is 5.82. The van der Waals surface area contributed by atoms with Gasteiger partial charge >= 0.3 is 0 Å². The lowest BCUT2D eigenvalue weighted by molar-refractivity contribution is -0.128. The molecule has 0 saturated heterocycles. The lowest BCUT2D eigenvalue weighted by Crippen LogP contribution is -2.46. The molecule has 3 heteroatoms.